The average Bonchev–Trinajstić information content (AvgIpc) is 2.29. The van der Waals surface area contributed by atoms with Crippen LogP contribution < -0.4 is 0 Å². The molecule has 0 aromatic heterocycles. The van der Waals surface area contributed by atoms with Crippen LogP contribution in [0.25, 0.3) is 0 Å². The van der Waals surface area contributed by atoms with Gasteiger partial charge in [0.15, 0.2) is 0 Å². The zero-order chi connectivity index (χ0) is 12.7. The highest BCUT2D eigenvalue weighted by molar-refractivity contribution is 5.75. The Bertz CT molecular complexity index is 342. The van der Waals surface area contributed by atoms with Crippen LogP contribution in [0.2, 0.25) is 0 Å². The third-order valence-electron chi connectivity index (χ3n) is 2.86. The predicted molar refractivity (Wildman–Crippen MR) is 72.1 cm³/mol. The Hall–Kier alpha value is -1.15. The molecule has 1 rings (SSSR count). The standard InChI is InChI=1S/C15H23NO/c1-4-5-14-6-8-15(9-7-14)12-16(3)11-10-13(2)17/h6-9H,4-5,10-12H2,1-3H3. The molecule has 94 valence electrons. The molecule has 0 aliphatic rings. The van der Waals surface area contributed by atoms with Crippen molar-refractivity contribution in [1.29, 1.82) is 0 Å². The summed E-state index contributed by atoms with van der Waals surface area (Å²) in [6.07, 6.45) is 2.99. The number of carbonyl (C=O) groups is 1. The third kappa shape index (κ3) is 5.64. The van der Waals surface area contributed by atoms with Crippen molar-refractivity contribution < 1.29 is 4.79 Å². The lowest BCUT2D eigenvalue weighted by molar-refractivity contribution is -0.117. The monoisotopic (exact) mass is 233 g/mol. The maximum Gasteiger partial charge on any atom is 0.131 e. The van der Waals surface area contributed by atoms with Crippen molar-refractivity contribution in [3.05, 3.63) is 35.4 Å². The molecule has 0 amide bonds. The molecule has 0 fully saturated rings. The first-order valence-corrected chi connectivity index (χ1v) is 6.37. The van der Waals surface area contributed by atoms with E-state index in [-0.39, 0.29) is 5.78 Å². The van der Waals surface area contributed by atoms with Crippen LogP contribution in [0, 0.1) is 0 Å². The quantitative estimate of drug-likeness (QED) is 0.721. The summed E-state index contributed by atoms with van der Waals surface area (Å²) >= 11 is 0. The summed E-state index contributed by atoms with van der Waals surface area (Å²) in [4.78, 5) is 13.1. The van der Waals surface area contributed by atoms with Crippen molar-refractivity contribution in [2.75, 3.05) is 13.6 Å². The Labute approximate surface area is 105 Å². The van der Waals surface area contributed by atoms with Crippen molar-refractivity contribution in [2.45, 2.75) is 39.7 Å². The van der Waals surface area contributed by atoms with E-state index in [2.05, 4.69) is 43.1 Å². The van der Waals surface area contributed by atoms with E-state index in [1.165, 1.54) is 17.5 Å². The number of rotatable bonds is 7. The SMILES string of the molecule is CCCc1ccc(CN(C)CCC(C)=O)cc1. The fourth-order valence-corrected chi connectivity index (χ4v) is 1.84. The number of nitrogens with zero attached hydrogens (tertiary/aromatic N) is 1. The number of carbonyl (C=O) groups excluding carboxylic acids is 1. The van der Waals surface area contributed by atoms with Crippen LogP contribution in [-0.4, -0.2) is 24.3 Å². The van der Waals surface area contributed by atoms with Crippen molar-refractivity contribution in [1.82, 2.24) is 4.90 Å². The van der Waals surface area contributed by atoms with Gasteiger partial charge >= 0.3 is 0 Å². The van der Waals surface area contributed by atoms with Crippen molar-refractivity contribution in [2.24, 2.45) is 0 Å². The van der Waals surface area contributed by atoms with Gasteiger partial charge in [-0.05, 0) is 31.5 Å². The van der Waals surface area contributed by atoms with E-state index in [1.54, 1.807) is 6.92 Å². The number of Topliss-reactive ketones (excluding diaryl/α,β-unsaturated/α-hetero) is 1. The molecule has 0 bridgehead atoms. The summed E-state index contributed by atoms with van der Waals surface area (Å²) < 4.78 is 0. The molecule has 1 aromatic carbocycles. The van der Waals surface area contributed by atoms with Gasteiger partial charge in [0.05, 0.1) is 0 Å². The molecule has 0 radical (unpaired) electrons. The molecule has 0 spiro atoms. The van der Waals surface area contributed by atoms with Gasteiger partial charge in [-0.3, -0.25) is 4.79 Å². The lowest BCUT2D eigenvalue weighted by Gasteiger charge is -2.15. The van der Waals surface area contributed by atoms with E-state index in [0.717, 1.165) is 19.5 Å². The van der Waals surface area contributed by atoms with Crippen molar-refractivity contribution in [3.63, 3.8) is 0 Å². The minimum absolute atomic E-state index is 0.259. The fourth-order valence-electron chi connectivity index (χ4n) is 1.84. The Morgan fingerprint density at radius 1 is 1.18 bits per heavy atom. The molecule has 0 unspecified atom stereocenters. The zero-order valence-corrected chi connectivity index (χ0v) is 11.2. The summed E-state index contributed by atoms with van der Waals surface area (Å²) in [6, 6.07) is 8.79. The Morgan fingerprint density at radius 2 is 1.76 bits per heavy atom. The number of hydrogen-bond donors (Lipinski definition) is 0. The smallest absolute Gasteiger partial charge is 0.131 e. The lowest BCUT2D eigenvalue weighted by Crippen LogP contribution is -2.20. The van der Waals surface area contributed by atoms with E-state index >= 15 is 0 Å². The van der Waals surface area contributed by atoms with Crippen LogP contribution in [0.15, 0.2) is 24.3 Å². The van der Waals surface area contributed by atoms with E-state index in [4.69, 9.17) is 0 Å². The van der Waals surface area contributed by atoms with Crippen LogP contribution in [0.4, 0.5) is 0 Å². The molecule has 0 atom stereocenters. The predicted octanol–water partition coefficient (Wildman–Crippen LogP) is 3.05. The van der Waals surface area contributed by atoms with E-state index in [1.807, 2.05) is 0 Å². The largest absolute Gasteiger partial charge is 0.302 e. The highest BCUT2D eigenvalue weighted by Gasteiger charge is 2.02. The molecule has 0 heterocycles. The van der Waals surface area contributed by atoms with Crippen LogP contribution in [0.3, 0.4) is 0 Å². The molecule has 0 N–H and O–H groups in total. The third-order valence-corrected chi connectivity index (χ3v) is 2.86. The Balaban J connectivity index is 2.42. The molecule has 1 aromatic rings. The van der Waals surface area contributed by atoms with Crippen LogP contribution in [0.1, 0.15) is 37.8 Å². The highest BCUT2D eigenvalue weighted by atomic mass is 16.1. The highest BCUT2D eigenvalue weighted by Crippen LogP contribution is 2.08. The number of aryl methyl sites for hydroxylation is 1. The summed E-state index contributed by atoms with van der Waals surface area (Å²) in [5, 5.41) is 0. The summed E-state index contributed by atoms with van der Waals surface area (Å²) in [7, 11) is 2.06. The Kier molecular flexibility index (Phi) is 5.92. The van der Waals surface area contributed by atoms with Gasteiger partial charge in [0.2, 0.25) is 0 Å². The minimum atomic E-state index is 0.259. The van der Waals surface area contributed by atoms with Gasteiger partial charge in [0.25, 0.3) is 0 Å². The Morgan fingerprint density at radius 3 is 2.29 bits per heavy atom. The maximum atomic E-state index is 10.9. The van der Waals surface area contributed by atoms with Gasteiger partial charge < -0.3 is 4.90 Å². The average molecular weight is 233 g/mol. The molecular formula is C15H23NO. The van der Waals surface area contributed by atoms with Gasteiger partial charge in [0, 0.05) is 19.5 Å². The van der Waals surface area contributed by atoms with Crippen molar-refractivity contribution in [3.8, 4) is 0 Å². The van der Waals surface area contributed by atoms with E-state index in [9.17, 15) is 4.79 Å². The van der Waals surface area contributed by atoms with Gasteiger partial charge in [-0.25, -0.2) is 0 Å². The second-order valence-electron chi connectivity index (χ2n) is 4.76. The lowest BCUT2D eigenvalue weighted by atomic mass is 10.1. The van der Waals surface area contributed by atoms with Gasteiger partial charge in [0.1, 0.15) is 5.78 Å². The van der Waals surface area contributed by atoms with Gasteiger partial charge in [-0.15, -0.1) is 0 Å². The van der Waals surface area contributed by atoms with E-state index < -0.39 is 0 Å². The first kappa shape index (κ1) is 13.9. The minimum Gasteiger partial charge on any atom is -0.302 e. The summed E-state index contributed by atoms with van der Waals surface area (Å²) in [5.41, 5.74) is 2.72. The van der Waals surface area contributed by atoms with Crippen molar-refractivity contribution >= 4 is 5.78 Å². The second kappa shape index (κ2) is 7.23. The molecule has 0 aliphatic carbocycles. The van der Waals surface area contributed by atoms with Gasteiger partial charge in [-0.2, -0.15) is 0 Å². The summed E-state index contributed by atoms with van der Waals surface area (Å²) in [5.74, 6) is 0.259. The molecule has 0 saturated carbocycles. The topological polar surface area (TPSA) is 20.3 Å². The van der Waals surface area contributed by atoms with Crippen LogP contribution >= 0.6 is 0 Å². The molecule has 0 aliphatic heterocycles. The molecular weight excluding hydrogens is 210 g/mol. The normalized spacial score (nSPS) is 10.8. The fraction of sp³-hybridized carbons (Fsp3) is 0.533. The molecule has 17 heavy (non-hydrogen) atoms. The molecule has 2 nitrogen and oxygen atoms in total. The van der Waals surface area contributed by atoms with Crippen LogP contribution in [0.5, 0.6) is 0 Å². The van der Waals surface area contributed by atoms with Crippen LogP contribution in [-0.2, 0) is 17.8 Å². The maximum absolute atomic E-state index is 10.9. The number of hydrogen-bond acceptors (Lipinski definition) is 2. The zero-order valence-electron chi connectivity index (χ0n) is 11.2. The molecule has 0 saturated heterocycles. The van der Waals surface area contributed by atoms with Gasteiger partial charge in [-0.1, -0.05) is 37.6 Å². The number of ketones is 1. The second-order valence-corrected chi connectivity index (χ2v) is 4.76. The summed E-state index contributed by atoms with van der Waals surface area (Å²) in [6.45, 7) is 5.60. The first-order chi connectivity index (χ1) is 8.11. The van der Waals surface area contributed by atoms with E-state index in [0.29, 0.717) is 6.42 Å². The first-order valence-electron chi connectivity index (χ1n) is 6.37. The molecule has 2 heteroatoms. The number of benzene rings is 1.